The Balaban J connectivity index is 1.39. The van der Waals surface area contributed by atoms with Gasteiger partial charge in [-0.05, 0) is 45.1 Å². The first-order valence-corrected chi connectivity index (χ1v) is 9.59. The zero-order valence-electron chi connectivity index (χ0n) is 14.8. The Morgan fingerprint density at radius 2 is 1.56 bits per heavy atom. The van der Waals surface area contributed by atoms with Crippen LogP contribution < -0.4 is 15.5 Å². The number of nitrogens with zero attached hydrogens (tertiary/aromatic N) is 5. The van der Waals surface area contributed by atoms with E-state index in [1.807, 2.05) is 0 Å². The van der Waals surface area contributed by atoms with E-state index in [2.05, 4.69) is 30.7 Å². The molecular formula is C18H28N6O. The van der Waals surface area contributed by atoms with Gasteiger partial charge >= 0.3 is 0 Å². The van der Waals surface area contributed by atoms with Crippen LogP contribution in [-0.2, 0) is 4.79 Å². The molecule has 3 fully saturated rings. The van der Waals surface area contributed by atoms with Gasteiger partial charge < -0.3 is 15.5 Å². The molecule has 3 saturated heterocycles. The Hall–Kier alpha value is -1.89. The SMILES string of the molecule is NC(=O)[C@H]1CCCN1C1CCN(c2cc(N3CCCC3)ncn2)CC1. The third-order valence-corrected chi connectivity index (χ3v) is 5.95. The molecule has 1 aromatic heterocycles. The number of hydrogen-bond acceptors (Lipinski definition) is 6. The van der Waals surface area contributed by atoms with E-state index in [4.69, 9.17) is 5.73 Å². The van der Waals surface area contributed by atoms with Crippen LogP contribution >= 0.6 is 0 Å². The van der Waals surface area contributed by atoms with Gasteiger partial charge in [0.15, 0.2) is 0 Å². The van der Waals surface area contributed by atoms with Crippen LogP contribution in [0.3, 0.4) is 0 Å². The highest BCUT2D eigenvalue weighted by atomic mass is 16.1. The minimum atomic E-state index is -0.161. The Morgan fingerprint density at radius 1 is 0.920 bits per heavy atom. The normalized spacial score (nSPS) is 25.7. The summed E-state index contributed by atoms with van der Waals surface area (Å²) >= 11 is 0. The van der Waals surface area contributed by atoms with E-state index >= 15 is 0 Å². The maximum absolute atomic E-state index is 11.7. The molecule has 3 aliphatic heterocycles. The van der Waals surface area contributed by atoms with Crippen molar-refractivity contribution in [3.63, 3.8) is 0 Å². The van der Waals surface area contributed by atoms with E-state index in [-0.39, 0.29) is 11.9 Å². The number of hydrogen-bond donors (Lipinski definition) is 1. The van der Waals surface area contributed by atoms with Crippen molar-refractivity contribution in [2.24, 2.45) is 5.73 Å². The van der Waals surface area contributed by atoms with Crippen LogP contribution in [0.2, 0.25) is 0 Å². The summed E-state index contributed by atoms with van der Waals surface area (Å²) in [6.45, 7) is 5.15. The number of likely N-dealkylation sites (tertiary alicyclic amines) is 1. The van der Waals surface area contributed by atoms with Gasteiger partial charge in [0.2, 0.25) is 5.91 Å². The largest absolute Gasteiger partial charge is 0.368 e. The summed E-state index contributed by atoms with van der Waals surface area (Å²) in [5.74, 6) is 1.92. The topological polar surface area (TPSA) is 78.6 Å². The highest BCUT2D eigenvalue weighted by Crippen LogP contribution is 2.28. The van der Waals surface area contributed by atoms with Gasteiger partial charge in [-0.2, -0.15) is 0 Å². The molecule has 0 spiro atoms. The number of carbonyl (C=O) groups is 1. The summed E-state index contributed by atoms with van der Waals surface area (Å²) < 4.78 is 0. The third kappa shape index (κ3) is 3.42. The Labute approximate surface area is 149 Å². The summed E-state index contributed by atoms with van der Waals surface area (Å²) in [6, 6.07) is 2.54. The Morgan fingerprint density at radius 3 is 2.20 bits per heavy atom. The second-order valence-electron chi connectivity index (χ2n) is 7.45. The highest BCUT2D eigenvalue weighted by molar-refractivity contribution is 5.80. The van der Waals surface area contributed by atoms with Gasteiger partial charge in [0.25, 0.3) is 0 Å². The lowest BCUT2D eigenvalue weighted by atomic mass is 10.0. The zero-order valence-corrected chi connectivity index (χ0v) is 14.8. The van der Waals surface area contributed by atoms with Gasteiger partial charge in [0, 0.05) is 38.3 Å². The lowest BCUT2D eigenvalue weighted by molar-refractivity contribution is -0.123. The molecule has 0 unspecified atom stereocenters. The van der Waals surface area contributed by atoms with Gasteiger partial charge in [-0.1, -0.05) is 0 Å². The van der Waals surface area contributed by atoms with Crippen molar-refractivity contribution < 1.29 is 4.79 Å². The first-order valence-electron chi connectivity index (χ1n) is 9.59. The van der Waals surface area contributed by atoms with Crippen molar-refractivity contribution in [3.8, 4) is 0 Å². The smallest absolute Gasteiger partial charge is 0.234 e. The lowest BCUT2D eigenvalue weighted by Crippen LogP contribution is -2.50. The van der Waals surface area contributed by atoms with Gasteiger partial charge in [0.05, 0.1) is 6.04 Å². The average Bonchev–Trinajstić information content (AvgIpc) is 3.34. The second-order valence-corrected chi connectivity index (χ2v) is 7.45. The standard InChI is InChI=1S/C18H28N6O/c19-18(25)15-4-3-9-24(15)14-5-10-23(11-6-14)17-12-16(20-13-21-17)22-7-1-2-8-22/h12-15H,1-11H2,(H2,19,25)/t15-/m1/s1. The molecule has 3 aliphatic rings. The average molecular weight is 344 g/mol. The molecule has 4 heterocycles. The van der Waals surface area contributed by atoms with Crippen LogP contribution in [0.25, 0.3) is 0 Å². The fraction of sp³-hybridized carbons (Fsp3) is 0.722. The van der Waals surface area contributed by atoms with Crippen LogP contribution in [-0.4, -0.2) is 65.6 Å². The number of piperidine rings is 1. The number of primary amides is 1. The molecule has 1 aromatic rings. The highest BCUT2D eigenvalue weighted by Gasteiger charge is 2.35. The van der Waals surface area contributed by atoms with Crippen molar-refractivity contribution in [3.05, 3.63) is 12.4 Å². The molecule has 0 aliphatic carbocycles. The van der Waals surface area contributed by atoms with Crippen LogP contribution in [0, 0.1) is 0 Å². The van der Waals surface area contributed by atoms with Crippen LogP contribution in [0.5, 0.6) is 0 Å². The van der Waals surface area contributed by atoms with Crippen molar-refractivity contribution >= 4 is 17.5 Å². The minimum Gasteiger partial charge on any atom is -0.368 e. The molecule has 7 heteroatoms. The van der Waals surface area contributed by atoms with Gasteiger partial charge in [-0.25, -0.2) is 9.97 Å². The van der Waals surface area contributed by atoms with Crippen LogP contribution in [0.15, 0.2) is 12.4 Å². The Bertz CT molecular complexity index is 609. The monoisotopic (exact) mass is 344 g/mol. The molecule has 136 valence electrons. The minimum absolute atomic E-state index is 0.0580. The van der Waals surface area contributed by atoms with Crippen LogP contribution in [0.1, 0.15) is 38.5 Å². The maximum Gasteiger partial charge on any atom is 0.234 e. The van der Waals surface area contributed by atoms with Crippen LogP contribution in [0.4, 0.5) is 11.6 Å². The number of anilines is 2. The molecule has 25 heavy (non-hydrogen) atoms. The van der Waals surface area contributed by atoms with E-state index in [1.54, 1.807) is 6.33 Å². The number of aromatic nitrogens is 2. The first kappa shape index (κ1) is 16.6. The van der Waals surface area contributed by atoms with Gasteiger partial charge in [-0.15, -0.1) is 0 Å². The summed E-state index contributed by atoms with van der Waals surface area (Å²) in [6.07, 6.45) is 8.32. The molecule has 4 rings (SSSR count). The molecule has 1 amide bonds. The molecule has 1 atom stereocenters. The molecule has 2 N–H and O–H groups in total. The second kappa shape index (κ2) is 7.15. The maximum atomic E-state index is 11.7. The van der Waals surface area contributed by atoms with Crippen molar-refractivity contribution in [1.82, 2.24) is 14.9 Å². The number of nitrogens with two attached hydrogens (primary N) is 1. The molecule has 0 radical (unpaired) electrons. The van der Waals surface area contributed by atoms with Crippen molar-refractivity contribution in [1.29, 1.82) is 0 Å². The number of amides is 1. The molecular weight excluding hydrogens is 316 g/mol. The van der Waals surface area contributed by atoms with E-state index in [1.165, 1.54) is 12.8 Å². The lowest BCUT2D eigenvalue weighted by Gasteiger charge is -2.39. The number of carbonyl (C=O) groups excluding carboxylic acids is 1. The van der Waals surface area contributed by atoms with Gasteiger partial charge in [-0.3, -0.25) is 9.69 Å². The predicted octanol–water partition coefficient (Wildman–Crippen LogP) is 0.995. The van der Waals surface area contributed by atoms with E-state index in [9.17, 15) is 4.79 Å². The Kier molecular flexibility index (Phi) is 4.74. The first-order chi connectivity index (χ1) is 12.2. The predicted molar refractivity (Wildman–Crippen MR) is 97.6 cm³/mol. The summed E-state index contributed by atoms with van der Waals surface area (Å²) in [5.41, 5.74) is 5.58. The van der Waals surface area contributed by atoms with E-state index in [0.29, 0.717) is 6.04 Å². The quantitative estimate of drug-likeness (QED) is 0.878. The summed E-state index contributed by atoms with van der Waals surface area (Å²) in [5, 5.41) is 0. The zero-order chi connectivity index (χ0) is 17.2. The van der Waals surface area contributed by atoms with Crippen molar-refractivity contribution in [2.45, 2.75) is 50.6 Å². The van der Waals surface area contributed by atoms with E-state index < -0.39 is 0 Å². The number of rotatable bonds is 4. The third-order valence-electron chi connectivity index (χ3n) is 5.95. The molecule has 7 nitrogen and oxygen atoms in total. The fourth-order valence-electron chi connectivity index (χ4n) is 4.59. The van der Waals surface area contributed by atoms with Crippen molar-refractivity contribution in [2.75, 3.05) is 42.5 Å². The summed E-state index contributed by atoms with van der Waals surface area (Å²) in [7, 11) is 0. The molecule has 0 bridgehead atoms. The molecule has 0 aromatic carbocycles. The van der Waals surface area contributed by atoms with E-state index in [0.717, 1.165) is 70.0 Å². The van der Waals surface area contributed by atoms with Gasteiger partial charge in [0.1, 0.15) is 18.0 Å². The molecule has 0 saturated carbocycles. The fourth-order valence-corrected chi connectivity index (χ4v) is 4.59. The summed E-state index contributed by atoms with van der Waals surface area (Å²) in [4.78, 5) is 27.6.